The Kier molecular flexibility index (Phi) is 5.39. The molecule has 0 aromatic heterocycles. The fourth-order valence-electron chi connectivity index (χ4n) is 3.30. The van der Waals surface area contributed by atoms with Crippen molar-refractivity contribution in [2.45, 2.75) is 32.2 Å². The molecule has 0 saturated carbocycles. The third-order valence-electron chi connectivity index (χ3n) is 4.66. The predicted octanol–water partition coefficient (Wildman–Crippen LogP) is -0.406. The Balaban J connectivity index is 1.89. The van der Waals surface area contributed by atoms with E-state index >= 15 is 0 Å². The van der Waals surface area contributed by atoms with Gasteiger partial charge in [0.1, 0.15) is 0 Å². The van der Waals surface area contributed by atoms with E-state index in [-0.39, 0.29) is 42.0 Å². The lowest BCUT2D eigenvalue weighted by atomic mass is 9.95. The topological polar surface area (TPSA) is 92.9 Å². The van der Waals surface area contributed by atoms with Crippen LogP contribution in [-0.4, -0.2) is 66.9 Å². The minimum Gasteiger partial charge on any atom is -0.383 e. The van der Waals surface area contributed by atoms with Gasteiger partial charge in [0.25, 0.3) is 0 Å². The molecule has 0 spiro atoms. The van der Waals surface area contributed by atoms with E-state index in [1.807, 2.05) is 6.92 Å². The lowest BCUT2D eigenvalue weighted by Gasteiger charge is -2.32. The number of carbonyl (C=O) groups excluding carboxylic acids is 3. The summed E-state index contributed by atoms with van der Waals surface area (Å²) in [7, 11) is 1.60. The normalized spacial score (nSPS) is 24.6. The van der Waals surface area contributed by atoms with E-state index in [9.17, 15) is 14.4 Å². The molecule has 124 valence electrons. The average molecular weight is 311 g/mol. The molecule has 22 heavy (non-hydrogen) atoms. The van der Waals surface area contributed by atoms with Crippen molar-refractivity contribution in [2.24, 2.45) is 17.6 Å². The number of ether oxygens (including phenoxy) is 1. The number of primary amides is 1. The maximum Gasteiger partial charge on any atom is 0.227 e. The number of piperidine rings is 1. The van der Waals surface area contributed by atoms with Gasteiger partial charge >= 0.3 is 0 Å². The molecule has 0 aromatic rings. The van der Waals surface area contributed by atoms with Gasteiger partial charge in [0.2, 0.25) is 17.7 Å². The smallest absolute Gasteiger partial charge is 0.227 e. The predicted molar refractivity (Wildman–Crippen MR) is 79.7 cm³/mol. The van der Waals surface area contributed by atoms with Crippen LogP contribution in [0.5, 0.6) is 0 Å². The lowest BCUT2D eigenvalue weighted by Crippen LogP contribution is -2.45. The summed E-state index contributed by atoms with van der Waals surface area (Å²) in [6.45, 7) is 3.94. The third-order valence-corrected chi connectivity index (χ3v) is 4.66. The fraction of sp³-hybridized carbons (Fsp3) is 0.800. The van der Waals surface area contributed by atoms with Crippen LogP contribution in [0.15, 0.2) is 0 Å². The van der Waals surface area contributed by atoms with Crippen molar-refractivity contribution in [1.29, 1.82) is 0 Å². The Hall–Kier alpha value is -1.63. The Morgan fingerprint density at radius 1 is 1.32 bits per heavy atom. The number of rotatable bonds is 5. The van der Waals surface area contributed by atoms with E-state index in [0.29, 0.717) is 39.1 Å². The molecule has 2 saturated heterocycles. The summed E-state index contributed by atoms with van der Waals surface area (Å²) in [6.07, 6.45) is 1.50. The van der Waals surface area contributed by atoms with E-state index < -0.39 is 0 Å². The van der Waals surface area contributed by atoms with Gasteiger partial charge in [0.15, 0.2) is 0 Å². The summed E-state index contributed by atoms with van der Waals surface area (Å²) in [6, 6.07) is -0.0177. The van der Waals surface area contributed by atoms with E-state index in [4.69, 9.17) is 10.5 Å². The first-order valence-corrected chi connectivity index (χ1v) is 7.80. The van der Waals surface area contributed by atoms with Crippen LogP contribution in [0.4, 0.5) is 0 Å². The van der Waals surface area contributed by atoms with Crippen LogP contribution in [0.3, 0.4) is 0 Å². The summed E-state index contributed by atoms with van der Waals surface area (Å²) in [4.78, 5) is 39.3. The lowest BCUT2D eigenvalue weighted by molar-refractivity contribution is -0.138. The highest BCUT2D eigenvalue weighted by molar-refractivity contribution is 5.89. The van der Waals surface area contributed by atoms with Gasteiger partial charge in [-0.3, -0.25) is 14.4 Å². The second-order valence-corrected chi connectivity index (χ2v) is 6.25. The van der Waals surface area contributed by atoms with E-state index in [1.54, 1.807) is 16.9 Å². The Bertz CT molecular complexity index is 446. The van der Waals surface area contributed by atoms with Gasteiger partial charge in [-0.25, -0.2) is 0 Å². The monoisotopic (exact) mass is 311 g/mol. The molecule has 2 rings (SSSR count). The number of hydrogen-bond acceptors (Lipinski definition) is 4. The molecule has 0 aliphatic carbocycles. The minimum atomic E-state index is -0.289. The molecule has 0 bridgehead atoms. The summed E-state index contributed by atoms with van der Waals surface area (Å²) in [5.74, 6) is -0.676. The molecular weight excluding hydrogens is 286 g/mol. The largest absolute Gasteiger partial charge is 0.383 e. The summed E-state index contributed by atoms with van der Waals surface area (Å²) >= 11 is 0. The number of nitrogens with zero attached hydrogens (tertiary/aromatic N) is 2. The first-order valence-electron chi connectivity index (χ1n) is 7.80. The maximum atomic E-state index is 12.5. The molecule has 7 heteroatoms. The van der Waals surface area contributed by atoms with E-state index in [0.717, 1.165) is 0 Å². The van der Waals surface area contributed by atoms with E-state index in [1.165, 1.54) is 0 Å². The zero-order chi connectivity index (χ0) is 16.3. The molecule has 7 nitrogen and oxygen atoms in total. The molecule has 0 unspecified atom stereocenters. The Morgan fingerprint density at radius 3 is 2.50 bits per heavy atom. The van der Waals surface area contributed by atoms with E-state index in [2.05, 4.69) is 0 Å². The molecule has 2 N–H and O–H groups in total. The first-order chi connectivity index (χ1) is 10.4. The van der Waals surface area contributed by atoms with Gasteiger partial charge in [-0.1, -0.05) is 0 Å². The molecule has 2 heterocycles. The van der Waals surface area contributed by atoms with Crippen LogP contribution in [-0.2, 0) is 19.1 Å². The van der Waals surface area contributed by atoms with Gasteiger partial charge in [-0.2, -0.15) is 0 Å². The zero-order valence-electron chi connectivity index (χ0n) is 13.3. The molecular formula is C15H25N3O4. The van der Waals surface area contributed by atoms with Crippen molar-refractivity contribution >= 4 is 17.7 Å². The molecule has 2 fully saturated rings. The van der Waals surface area contributed by atoms with Gasteiger partial charge in [0, 0.05) is 39.1 Å². The molecule has 2 aliphatic rings. The summed E-state index contributed by atoms with van der Waals surface area (Å²) < 4.78 is 5.08. The second-order valence-electron chi connectivity index (χ2n) is 6.25. The molecule has 0 radical (unpaired) electrons. The quantitative estimate of drug-likeness (QED) is 0.747. The van der Waals surface area contributed by atoms with Crippen molar-refractivity contribution in [2.75, 3.05) is 33.4 Å². The summed E-state index contributed by atoms with van der Waals surface area (Å²) in [5, 5.41) is 0. The zero-order valence-corrected chi connectivity index (χ0v) is 13.3. The van der Waals surface area contributed by atoms with Crippen LogP contribution >= 0.6 is 0 Å². The Morgan fingerprint density at radius 2 is 1.95 bits per heavy atom. The number of nitrogens with two attached hydrogens (primary N) is 1. The standard InChI is InChI=1S/C15H25N3O4/c1-10(9-22-2)18-8-12(7-13(18)19)15(21)17-5-3-11(4-6-17)14(16)20/h10-12H,3-9H2,1-2H3,(H2,16,20)/t10-,12-/m0/s1. The van der Waals surface area contributed by atoms with Crippen LogP contribution in [0.2, 0.25) is 0 Å². The van der Waals surface area contributed by atoms with Crippen molar-refractivity contribution in [3.8, 4) is 0 Å². The van der Waals surface area contributed by atoms with Crippen LogP contribution in [0.25, 0.3) is 0 Å². The SMILES string of the molecule is COC[C@H](C)N1C[C@@H](C(=O)N2CCC(C(N)=O)CC2)CC1=O. The molecule has 0 aromatic carbocycles. The fourth-order valence-corrected chi connectivity index (χ4v) is 3.30. The average Bonchev–Trinajstić information content (AvgIpc) is 2.89. The number of methoxy groups -OCH3 is 1. The third kappa shape index (κ3) is 3.58. The van der Waals surface area contributed by atoms with Crippen LogP contribution in [0, 0.1) is 11.8 Å². The van der Waals surface area contributed by atoms with Gasteiger partial charge in [-0.15, -0.1) is 0 Å². The van der Waals surface area contributed by atoms with Crippen molar-refractivity contribution in [1.82, 2.24) is 9.80 Å². The van der Waals surface area contributed by atoms with Gasteiger partial charge in [0.05, 0.1) is 18.6 Å². The minimum absolute atomic E-state index is 0.00919. The van der Waals surface area contributed by atoms with Crippen LogP contribution in [0.1, 0.15) is 26.2 Å². The number of amides is 3. The maximum absolute atomic E-state index is 12.5. The first kappa shape index (κ1) is 16.7. The van der Waals surface area contributed by atoms with Crippen molar-refractivity contribution < 1.29 is 19.1 Å². The number of hydrogen-bond donors (Lipinski definition) is 1. The second kappa shape index (κ2) is 7.09. The van der Waals surface area contributed by atoms with Gasteiger partial charge in [-0.05, 0) is 19.8 Å². The number of carbonyl (C=O) groups is 3. The van der Waals surface area contributed by atoms with Crippen molar-refractivity contribution in [3.05, 3.63) is 0 Å². The highest BCUT2D eigenvalue weighted by atomic mass is 16.5. The highest BCUT2D eigenvalue weighted by Crippen LogP contribution is 2.25. The van der Waals surface area contributed by atoms with Crippen molar-refractivity contribution in [3.63, 3.8) is 0 Å². The molecule has 2 aliphatic heterocycles. The Labute approximate surface area is 130 Å². The van der Waals surface area contributed by atoms with Crippen LogP contribution < -0.4 is 5.73 Å². The molecule has 2 atom stereocenters. The summed E-state index contributed by atoms with van der Waals surface area (Å²) in [5.41, 5.74) is 5.30. The molecule has 3 amide bonds. The highest BCUT2D eigenvalue weighted by Gasteiger charge is 2.39. The van der Waals surface area contributed by atoms with Gasteiger partial charge < -0.3 is 20.3 Å². The number of likely N-dealkylation sites (tertiary alicyclic amines) is 2.